The first-order valence-corrected chi connectivity index (χ1v) is 9.70. The van der Waals surface area contributed by atoms with Gasteiger partial charge in [0.05, 0.1) is 5.69 Å². The summed E-state index contributed by atoms with van der Waals surface area (Å²) < 4.78 is 2.11. The summed E-state index contributed by atoms with van der Waals surface area (Å²) in [6.45, 7) is 3.12. The fraction of sp³-hybridized carbons (Fsp3) is 0.409. The molecule has 2 N–H and O–H groups in total. The predicted molar refractivity (Wildman–Crippen MR) is 106 cm³/mol. The number of hydrogen-bond donors (Lipinski definition) is 1. The van der Waals surface area contributed by atoms with Gasteiger partial charge in [-0.3, -0.25) is 9.58 Å². The van der Waals surface area contributed by atoms with E-state index in [-0.39, 0.29) is 0 Å². The van der Waals surface area contributed by atoms with Crippen molar-refractivity contribution in [2.75, 3.05) is 19.6 Å². The van der Waals surface area contributed by atoms with Crippen molar-refractivity contribution in [2.45, 2.75) is 24.8 Å². The Morgan fingerprint density at radius 3 is 2.73 bits per heavy atom. The van der Waals surface area contributed by atoms with Gasteiger partial charge in [0.2, 0.25) is 0 Å². The van der Waals surface area contributed by atoms with Gasteiger partial charge >= 0.3 is 0 Å². The maximum atomic E-state index is 5.97. The molecule has 4 heterocycles. The fourth-order valence-electron chi connectivity index (χ4n) is 5.04. The number of hydrogen-bond acceptors (Lipinski definition) is 3. The summed E-state index contributed by atoms with van der Waals surface area (Å²) in [6.07, 6.45) is 2.52. The SMILES string of the molecule is Cn1nc(-c2ccc3ccccc3c2)cc1C1CN2CCC1CC2CN. The average molecular weight is 346 g/mol. The molecule has 3 aliphatic heterocycles. The first-order chi connectivity index (χ1) is 12.7. The van der Waals surface area contributed by atoms with Crippen LogP contribution in [-0.2, 0) is 7.05 Å². The van der Waals surface area contributed by atoms with Gasteiger partial charge in [-0.1, -0.05) is 36.4 Å². The van der Waals surface area contributed by atoms with E-state index in [4.69, 9.17) is 10.8 Å². The van der Waals surface area contributed by atoms with Crippen molar-refractivity contribution >= 4 is 10.8 Å². The van der Waals surface area contributed by atoms with Crippen LogP contribution in [0.4, 0.5) is 0 Å². The monoisotopic (exact) mass is 346 g/mol. The fourth-order valence-corrected chi connectivity index (χ4v) is 5.04. The Bertz CT molecular complexity index is 944. The van der Waals surface area contributed by atoms with Crippen LogP contribution in [0.15, 0.2) is 48.5 Å². The van der Waals surface area contributed by atoms with E-state index in [2.05, 4.69) is 65.2 Å². The minimum atomic E-state index is 0.582. The van der Waals surface area contributed by atoms with Crippen LogP contribution in [0.5, 0.6) is 0 Å². The largest absolute Gasteiger partial charge is 0.329 e. The molecule has 0 aliphatic carbocycles. The number of aryl methyl sites for hydroxylation is 1. The van der Waals surface area contributed by atoms with Crippen LogP contribution in [0, 0.1) is 5.92 Å². The lowest BCUT2D eigenvalue weighted by molar-refractivity contribution is 0.0322. The van der Waals surface area contributed by atoms with E-state index in [0.29, 0.717) is 12.0 Å². The van der Waals surface area contributed by atoms with Crippen LogP contribution >= 0.6 is 0 Å². The molecule has 3 aliphatic rings. The van der Waals surface area contributed by atoms with Gasteiger partial charge in [-0.2, -0.15) is 5.10 Å². The predicted octanol–water partition coefficient (Wildman–Crippen LogP) is 3.38. The van der Waals surface area contributed by atoms with Gasteiger partial charge in [0.25, 0.3) is 0 Å². The van der Waals surface area contributed by atoms with Crippen molar-refractivity contribution in [1.82, 2.24) is 14.7 Å². The maximum absolute atomic E-state index is 5.97. The number of piperidine rings is 3. The zero-order chi connectivity index (χ0) is 17.7. The topological polar surface area (TPSA) is 47.1 Å². The van der Waals surface area contributed by atoms with E-state index >= 15 is 0 Å². The van der Waals surface area contributed by atoms with E-state index in [1.165, 1.54) is 41.4 Å². The number of aromatic nitrogens is 2. The van der Waals surface area contributed by atoms with E-state index in [9.17, 15) is 0 Å². The Labute approximate surface area is 154 Å². The quantitative estimate of drug-likeness (QED) is 0.791. The highest BCUT2D eigenvalue weighted by Crippen LogP contribution is 2.42. The number of rotatable bonds is 3. The highest BCUT2D eigenvalue weighted by Gasteiger charge is 2.41. The Morgan fingerprint density at radius 2 is 1.96 bits per heavy atom. The summed E-state index contributed by atoms with van der Waals surface area (Å²) in [6, 6.07) is 18.0. The van der Waals surface area contributed by atoms with Gasteiger partial charge in [-0.25, -0.2) is 0 Å². The molecular formula is C22H26N4. The second-order valence-electron chi connectivity index (χ2n) is 7.92. The number of nitrogens with zero attached hydrogens (tertiary/aromatic N) is 3. The van der Waals surface area contributed by atoms with Gasteiger partial charge in [-0.15, -0.1) is 0 Å². The number of nitrogens with two attached hydrogens (primary N) is 1. The molecule has 1 aromatic heterocycles. The van der Waals surface area contributed by atoms with Gasteiger partial charge < -0.3 is 5.73 Å². The summed E-state index contributed by atoms with van der Waals surface area (Å²) in [5.74, 6) is 1.33. The van der Waals surface area contributed by atoms with Crippen LogP contribution in [0.1, 0.15) is 24.5 Å². The van der Waals surface area contributed by atoms with Crippen molar-refractivity contribution in [3.8, 4) is 11.3 Å². The standard InChI is InChI=1S/C22H26N4/c1-25-22(20-14-26-9-8-17(20)11-19(26)13-23)12-21(24-25)18-7-6-15-4-2-3-5-16(15)10-18/h2-7,10,12,17,19-20H,8-9,11,13-14,23H2,1H3. The molecule has 0 radical (unpaired) electrons. The van der Waals surface area contributed by atoms with Crippen molar-refractivity contribution < 1.29 is 0 Å². The molecule has 0 amide bonds. The Hall–Kier alpha value is -2.17. The molecule has 4 atom stereocenters. The number of fused-ring (bicyclic) bond motifs is 4. The van der Waals surface area contributed by atoms with E-state index in [0.717, 1.165) is 24.7 Å². The van der Waals surface area contributed by atoms with Gasteiger partial charge in [-0.05, 0) is 48.2 Å². The molecule has 26 heavy (non-hydrogen) atoms. The van der Waals surface area contributed by atoms with Gasteiger partial charge in [0.1, 0.15) is 0 Å². The molecule has 3 saturated heterocycles. The minimum Gasteiger partial charge on any atom is -0.329 e. The third-order valence-corrected chi connectivity index (χ3v) is 6.49. The molecule has 3 fully saturated rings. The van der Waals surface area contributed by atoms with Crippen LogP contribution in [0.3, 0.4) is 0 Å². The van der Waals surface area contributed by atoms with Crippen molar-refractivity contribution in [2.24, 2.45) is 18.7 Å². The van der Waals surface area contributed by atoms with E-state index in [1.54, 1.807) is 0 Å². The molecule has 0 saturated carbocycles. The highest BCUT2D eigenvalue weighted by atomic mass is 15.3. The molecule has 0 spiro atoms. The molecule has 3 aromatic rings. The smallest absolute Gasteiger partial charge is 0.0926 e. The maximum Gasteiger partial charge on any atom is 0.0926 e. The first kappa shape index (κ1) is 16.0. The first-order valence-electron chi connectivity index (χ1n) is 9.70. The van der Waals surface area contributed by atoms with Crippen molar-refractivity contribution in [1.29, 1.82) is 0 Å². The zero-order valence-corrected chi connectivity index (χ0v) is 15.3. The van der Waals surface area contributed by atoms with Crippen LogP contribution in [-0.4, -0.2) is 40.4 Å². The molecular weight excluding hydrogens is 320 g/mol. The second-order valence-corrected chi connectivity index (χ2v) is 7.92. The molecule has 134 valence electrons. The van der Waals surface area contributed by atoms with Crippen LogP contribution < -0.4 is 5.73 Å². The molecule has 2 bridgehead atoms. The Balaban J connectivity index is 1.48. The summed E-state index contributed by atoms with van der Waals surface area (Å²) in [7, 11) is 2.10. The molecule has 2 aromatic carbocycles. The van der Waals surface area contributed by atoms with Crippen molar-refractivity contribution in [3.63, 3.8) is 0 Å². The van der Waals surface area contributed by atoms with E-state index < -0.39 is 0 Å². The van der Waals surface area contributed by atoms with E-state index in [1.807, 2.05) is 0 Å². The third-order valence-electron chi connectivity index (χ3n) is 6.49. The van der Waals surface area contributed by atoms with Crippen LogP contribution in [0.25, 0.3) is 22.0 Å². The molecule has 6 rings (SSSR count). The minimum absolute atomic E-state index is 0.582. The lowest BCUT2D eigenvalue weighted by Crippen LogP contribution is -2.55. The summed E-state index contributed by atoms with van der Waals surface area (Å²) in [5, 5.41) is 7.40. The molecule has 4 nitrogen and oxygen atoms in total. The second kappa shape index (κ2) is 6.22. The number of benzene rings is 2. The molecule has 4 heteroatoms. The zero-order valence-electron chi connectivity index (χ0n) is 15.3. The Kier molecular flexibility index (Phi) is 3.84. The average Bonchev–Trinajstić information content (AvgIpc) is 3.09. The lowest BCUT2D eigenvalue weighted by Gasteiger charge is -2.49. The highest BCUT2D eigenvalue weighted by molar-refractivity contribution is 5.86. The molecule has 4 unspecified atom stereocenters. The van der Waals surface area contributed by atoms with Gasteiger partial charge in [0, 0.05) is 43.4 Å². The van der Waals surface area contributed by atoms with Gasteiger partial charge in [0.15, 0.2) is 0 Å². The summed E-state index contributed by atoms with van der Waals surface area (Å²) in [5.41, 5.74) is 9.63. The summed E-state index contributed by atoms with van der Waals surface area (Å²) in [4.78, 5) is 2.59. The van der Waals surface area contributed by atoms with Crippen molar-refractivity contribution in [3.05, 3.63) is 54.2 Å². The van der Waals surface area contributed by atoms with Crippen LogP contribution in [0.2, 0.25) is 0 Å². The Morgan fingerprint density at radius 1 is 1.12 bits per heavy atom. The summed E-state index contributed by atoms with van der Waals surface area (Å²) >= 11 is 0. The third kappa shape index (κ3) is 2.56. The normalized spacial score (nSPS) is 27.9. The lowest BCUT2D eigenvalue weighted by atomic mass is 9.74.